The molecule has 0 saturated heterocycles. The molecule has 11 heteroatoms. The molecule has 4 rings (SSSR count). The SMILES string of the molecule is Cc1ccc([N+](=O)[O-])cc1NC(=O)CSc1nnc(COc2ccc(C#N)cc2)n1-c1ccccc1. The van der Waals surface area contributed by atoms with Gasteiger partial charge in [-0.05, 0) is 48.9 Å². The third-order valence-electron chi connectivity index (χ3n) is 5.10. The summed E-state index contributed by atoms with van der Waals surface area (Å²) in [6.45, 7) is 1.88. The van der Waals surface area contributed by atoms with E-state index in [-0.39, 0.29) is 24.0 Å². The molecule has 0 atom stereocenters. The number of aromatic nitrogens is 3. The zero-order valence-electron chi connectivity index (χ0n) is 19.1. The lowest BCUT2D eigenvalue weighted by atomic mass is 10.2. The minimum atomic E-state index is -0.506. The number of thioether (sulfide) groups is 1. The molecule has 0 spiro atoms. The fraction of sp³-hybridized carbons (Fsp3) is 0.120. The Morgan fingerprint density at radius 3 is 2.58 bits per heavy atom. The smallest absolute Gasteiger partial charge is 0.271 e. The first-order valence-corrected chi connectivity index (χ1v) is 11.7. The van der Waals surface area contributed by atoms with Crippen LogP contribution in [-0.4, -0.2) is 31.3 Å². The Morgan fingerprint density at radius 2 is 1.89 bits per heavy atom. The van der Waals surface area contributed by atoms with Gasteiger partial charge in [0.25, 0.3) is 5.69 Å². The van der Waals surface area contributed by atoms with Gasteiger partial charge in [-0.3, -0.25) is 19.5 Å². The van der Waals surface area contributed by atoms with Gasteiger partial charge in [-0.25, -0.2) is 0 Å². The fourth-order valence-corrected chi connectivity index (χ4v) is 4.04. The second kappa shape index (κ2) is 11.2. The predicted octanol–water partition coefficient (Wildman–Crippen LogP) is 4.67. The molecular formula is C25H20N6O4S. The van der Waals surface area contributed by atoms with Crippen LogP contribution in [-0.2, 0) is 11.4 Å². The molecule has 0 fully saturated rings. The Kier molecular flexibility index (Phi) is 7.57. The van der Waals surface area contributed by atoms with Crippen molar-refractivity contribution in [3.05, 3.63) is 99.9 Å². The quantitative estimate of drug-likeness (QED) is 0.199. The first-order chi connectivity index (χ1) is 17.4. The summed E-state index contributed by atoms with van der Waals surface area (Å²) < 4.78 is 7.64. The monoisotopic (exact) mass is 500 g/mol. The van der Waals surface area contributed by atoms with Gasteiger partial charge in [-0.1, -0.05) is 36.0 Å². The maximum atomic E-state index is 12.6. The molecule has 0 unspecified atom stereocenters. The zero-order chi connectivity index (χ0) is 25.5. The highest BCUT2D eigenvalue weighted by atomic mass is 32.2. The number of ether oxygens (including phenoxy) is 1. The number of hydrogen-bond donors (Lipinski definition) is 1. The number of hydrogen-bond acceptors (Lipinski definition) is 8. The van der Waals surface area contributed by atoms with E-state index < -0.39 is 4.92 Å². The number of nitrogens with zero attached hydrogens (tertiary/aromatic N) is 5. The molecule has 1 heterocycles. The van der Waals surface area contributed by atoms with Crippen molar-refractivity contribution in [2.45, 2.75) is 18.7 Å². The van der Waals surface area contributed by atoms with Crippen molar-refractivity contribution in [1.82, 2.24) is 14.8 Å². The highest BCUT2D eigenvalue weighted by molar-refractivity contribution is 7.99. The zero-order valence-corrected chi connectivity index (χ0v) is 19.9. The van der Waals surface area contributed by atoms with Crippen LogP contribution in [0.2, 0.25) is 0 Å². The number of carbonyl (C=O) groups is 1. The number of carbonyl (C=O) groups excluding carboxylic acids is 1. The van der Waals surface area contributed by atoms with Gasteiger partial charge in [0.15, 0.2) is 11.0 Å². The average Bonchev–Trinajstić information content (AvgIpc) is 3.31. The number of nitro benzene ring substituents is 1. The summed E-state index contributed by atoms with van der Waals surface area (Å²) in [4.78, 5) is 23.2. The molecule has 0 aliphatic rings. The highest BCUT2D eigenvalue weighted by Gasteiger charge is 2.17. The van der Waals surface area contributed by atoms with Crippen LogP contribution in [0, 0.1) is 28.4 Å². The van der Waals surface area contributed by atoms with E-state index in [0.717, 1.165) is 5.69 Å². The minimum absolute atomic E-state index is 0.0174. The summed E-state index contributed by atoms with van der Waals surface area (Å²) >= 11 is 1.18. The molecule has 0 bridgehead atoms. The van der Waals surface area contributed by atoms with E-state index in [0.29, 0.717) is 33.5 Å². The summed E-state index contributed by atoms with van der Waals surface area (Å²) in [6.07, 6.45) is 0. The normalized spacial score (nSPS) is 10.4. The van der Waals surface area contributed by atoms with Gasteiger partial charge in [0.2, 0.25) is 5.91 Å². The number of non-ortho nitro benzene ring substituents is 1. The molecule has 180 valence electrons. The largest absolute Gasteiger partial charge is 0.486 e. The van der Waals surface area contributed by atoms with E-state index in [1.807, 2.05) is 30.3 Å². The number of amides is 1. The molecular weight excluding hydrogens is 480 g/mol. The summed E-state index contributed by atoms with van der Waals surface area (Å²) in [5.74, 6) is 0.797. The maximum Gasteiger partial charge on any atom is 0.271 e. The van der Waals surface area contributed by atoms with Crippen LogP contribution in [0.3, 0.4) is 0 Å². The van der Waals surface area contributed by atoms with E-state index in [2.05, 4.69) is 21.6 Å². The van der Waals surface area contributed by atoms with Gasteiger partial charge in [0, 0.05) is 17.8 Å². The molecule has 10 nitrogen and oxygen atoms in total. The number of aryl methyl sites for hydroxylation is 1. The molecule has 1 N–H and O–H groups in total. The summed E-state index contributed by atoms with van der Waals surface area (Å²) in [6, 6.07) is 22.6. The topological polar surface area (TPSA) is 136 Å². The summed E-state index contributed by atoms with van der Waals surface area (Å²) in [5.41, 5.74) is 2.34. The molecule has 0 aliphatic heterocycles. The summed E-state index contributed by atoms with van der Waals surface area (Å²) in [7, 11) is 0. The van der Waals surface area contributed by atoms with Crippen LogP contribution in [0.15, 0.2) is 78.0 Å². The standard InChI is InChI=1S/C25H20N6O4S/c1-17-7-10-20(31(33)34)13-22(17)27-24(32)16-36-25-29-28-23(30(25)19-5-3-2-4-6-19)15-35-21-11-8-18(14-26)9-12-21/h2-13H,15-16H2,1H3,(H,27,32). The first-order valence-electron chi connectivity index (χ1n) is 10.7. The van der Waals surface area contributed by atoms with Crippen LogP contribution in [0.5, 0.6) is 5.75 Å². The fourth-order valence-electron chi connectivity index (χ4n) is 3.27. The lowest BCUT2D eigenvalue weighted by Crippen LogP contribution is -2.15. The van der Waals surface area contributed by atoms with Gasteiger partial charge in [0.05, 0.1) is 28.0 Å². The van der Waals surface area contributed by atoms with Crippen LogP contribution < -0.4 is 10.1 Å². The van der Waals surface area contributed by atoms with Crippen LogP contribution in [0.1, 0.15) is 17.0 Å². The van der Waals surface area contributed by atoms with E-state index in [4.69, 9.17) is 10.00 Å². The average molecular weight is 501 g/mol. The first kappa shape index (κ1) is 24.4. The number of nitrogens with one attached hydrogen (secondary N) is 1. The third kappa shape index (κ3) is 5.86. The van der Waals surface area contributed by atoms with Crippen molar-refractivity contribution < 1.29 is 14.5 Å². The number of rotatable bonds is 9. The van der Waals surface area contributed by atoms with Crippen molar-refractivity contribution in [3.63, 3.8) is 0 Å². The lowest BCUT2D eigenvalue weighted by Gasteiger charge is -2.11. The maximum absolute atomic E-state index is 12.6. The van der Waals surface area contributed by atoms with E-state index in [1.54, 1.807) is 41.8 Å². The third-order valence-corrected chi connectivity index (χ3v) is 6.03. The molecule has 0 radical (unpaired) electrons. The molecule has 0 aliphatic carbocycles. The minimum Gasteiger partial charge on any atom is -0.486 e. The number of para-hydroxylation sites is 1. The Bertz CT molecular complexity index is 1430. The second-order valence-corrected chi connectivity index (χ2v) is 8.53. The molecule has 4 aromatic rings. The molecule has 0 saturated carbocycles. The van der Waals surface area contributed by atoms with Crippen molar-refractivity contribution >= 4 is 29.0 Å². The van der Waals surface area contributed by atoms with Crippen LogP contribution in [0.25, 0.3) is 5.69 Å². The Balaban J connectivity index is 1.49. The molecule has 3 aromatic carbocycles. The highest BCUT2D eigenvalue weighted by Crippen LogP contribution is 2.25. The van der Waals surface area contributed by atoms with Crippen molar-refractivity contribution in [1.29, 1.82) is 5.26 Å². The number of benzene rings is 3. The predicted molar refractivity (Wildman–Crippen MR) is 134 cm³/mol. The van der Waals surface area contributed by atoms with Gasteiger partial charge < -0.3 is 10.1 Å². The van der Waals surface area contributed by atoms with E-state index in [9.17, 15) is 14.9 Å². The lowest BCUT2D eigenvalue weighted by molar-refractivity contribution is -0.384. The van der Waals surface area contributed by atoms with Crippen LogP contribution in [0.4, 0.5) is 11.4 Å². The Hall–Kier alpha value is -4.69. The van der Waals surface area contributed by atoms with Gasteiger partial charge in [-0.15, -0.1) is 10.2 Å². The van der Waals surface area contributed by atoms with Crippen LogP contribution >= 0.6 is 11.8 Å². The van der Waals surface area contributed by atoms with Crippen molar-refractivity contribution in [3.8, 4) is 17.5 Å². The van der Waals surface area contributed by atoms with E-state index >= 15 is 0 Å². The molecule has 1 amide bonds. The Morgan fingerprint density at radius 1 is 1.14 bits per heavy atom. The van der Waals surface area contributed by atoms with Gasteiger partial charge >= 0.3 is 0 Å². The van der Waals surface area contributed by atoms with Crippen molar-refractivity contribution in [2.24, 2.45) is 0 Å². The molecule has 36 heavy (non-hydrogen) atoms. The van der Waals surface area contributed by atoms with Crippen molar-refractivity contribution in [2.75, 3.05) is 11.1 Å². The van der Waals surface area contributed by atoms with E-state index in [1.165, 1.54) is 23.9 Å². The second-order valence-electron chi connectivity index (χ2n) is 7.59. The van der Waals surface area contributed by atoms with Gasteiger partial charge in [0.1, 0.15) is 12.4 Å². The summed E-state index contributed by atoms with van der Waals surface area (Å²) in [5, 5.41) is 31.7. The number of anilines is 1. The Labute approximate surface area is 210 Å². The van der Waals surface area contributed by atoms with Gasteiger partial charge in [-0.2, -0.15) is 5.26 Å². The number of nitriles is 1. The molecule has 1 aromatic heterocycles. The number of nitro groups is 1.